The molecule has 0 aromatic heterocycles. The third-order valence-electron chi connectivity index (χ3n) is 5.69. The molecule has 0 fully saturated rings. The van der Waals surface area contributed by atoms with Crippen LogP contribution >= 0.6 is 0 Å². The highest BCUT2D eigenvalue weighted by atomic mass is 16.6. The summed E-state index contributed by atoms with van der Waals surface area (Å²) in [6, 6.07) is 0. The van der Waals surface area contributed by atoms with Crippen LogP contribution in [0.5, 0.6) is 0 Å². The lowest BCUT2D eigenvalue weighted by atomic mass is 10.1. The first-order chi connectivity index (χ1) is 21.0. The Balaban J connectivity index is 0. The normalized spacial score (nSPS) is 12.2. The van der Waals surface area contributed by atoms with Gasteiger partial charge >= 0.3 is 6.09 Å². The molecule has 0 unspecified atom stereocenters. The van der Waals surface area contributed by atoms with Gasteiger partial charge in [-0.25, -0.2) is 4.79 Å². The van der Waals surface area contributed by atoms with E-state index in [9.17, 15) is 14.4 Å². The van der Waals surface area contributed by atoms with Gasteiger partial charge in [-0.1, -0.05) is 100 Å². The molecule has 0 saturated carbocycles. The van der Waals surface area contributed by atoms with Crippen molar-refractivity contribution in [2.45, 2.75) is 118 Å². The maximum atomic E-state index is 11.8. The van der Waals surface area contributed by atoms with E-state index in [0.29, 0.717) is 31.8 Å². The highest BCUT2D eigenvalue weighted by molar-refractivity contribution is 5.77. The molecule has 0 radical (unpaired) electrons. The number of alkyl carbamates (subject to hydrolysis) is 1. The Labute approximate surface area is 269 Å². The summed E-state index contributed by atoms with van der Waals surface area (Å²) in [6.45, 7) is 12.9. The number of rotatable bonds is 21. The largest absolute Gasteiger partial charge is 0.444 e. The van der Waals surface area contributed by atoms with Crippen LogP contribution in [-0.2, 0) is 14.3 Å². The van der Waals surface area contributed by atoms with Crippen molar-refractivity contribution in [3.8, 4) is 0 Å². The molecule has 0 aromatic carbocycles. The topological polar surface area (TPSA) is 96.5 Å². The van der Waals surface area contributed by atoms with Crippen molar-refractivity contribution in [3.05, 3.63) is 72.9 Å². The number of carbonyl (C=O) groups excluding carboxylic acids is 3. The highest BCUT2D eigenvalue weighted by Gasteiger charge is 2.14. The zero-order valence-corrected chi connectivity index (χ0v) is 28.8. The first kappa shape index (κ1) is 42.8. The number of hydrogen-bond acceptors (Lipinski definition) is 4. The molecule has 0 atom stereocenters. The molecule has 0 saturated heterocycles. The van der Waals surface area contributed by atoms with E-state index in [0.717, 1.165) is 57.8 Å². The summed E-state index contributed by atoms with van der Waals surface area (Å²) in [5.41, 5.74) is -0.389. The van der Waals surface area contributed by atoms with Crippen LogP contribution in [0.2, 0.25) is 0 Å². The number of nitrogens with one attached hydrogen (secondary N) is 3. The highest BCUT2D eigenvalue weighted by Crippen LogP contribution is 2.06. The van der Waals surface area contributed by atoms with E-state index in [1.54, 1.807) is 0 Å². The molecule has 0 aliphatic heterocycles. The van der Waals surface area contributed by atoms with E-state index >= 15 is 0 Å². The van der Waals surface area contributed by atoms with Crippen molar-refractivity contribution in [2.75, 3.05) is 20.1 Å². The second kappa shape index (κ2) is 31.1. The van der Waals surface area contributed by atoms with Crippen LogP contribution in [0, 0.1) is 5.92 Å². The molecule has 0 aliphatic rings. The van der Waals surface area contributed by atoms with Crippen LogP contribution in [-0.4, -0.2) is 43.6 Å². The fourth-order valence-electron chi connectivity index (χ4n) is 3.43. The minimum absolute atomic E-state index is 0.0265. The molecule has 44 heavy (non-hydrogen) atoms. The minimum Gasteiger partial charge on any atom is -0.444 e. The van der Waals surface area contributed by atoms with Gasteiger partial charge in [-0.3, -0.25) is 9.59 Å². The quantitative estimate of drug-likeness (QED) is 0.0891. The average Bonchev–Trinajstić information content (AvgIpc) is 2.95. The van der Waals surface area contributed by atoms with Crippen LogP contribution in [0.15, 0.2) is 72.9 Å². The molecule has 7 nitrogen and oxygen atoms in total. The first-order valence-electron chi connectivity index (χ1n) is 16.4. The molecular weight excluding hydrogens is 550 g/mol. The van der Waals surface area contributed by atoms with Gasteiger partial charge < -0.3 is 20.7 Å². The predicted octanol–water partition coefficient (Wildman–Crippen LogP) is 8.66. The van der Waals surface area contributed by atoms with Gasteiger partial charge in [-0.05, 0) is 78.1 Å². The van der Waals surface area contributed by atoms with Crippen LogP contribution in [0.1, 0.15) is 112 Å². The van der Waals surface area contributed by atoms with Crippen molar-refractivity contribution in [2.24, 2.45) is 5.92 Å². The Hall–Kier alpha value is -3.35. The Morgan fingerprint density at radius 1 is 0.659 bits per heavy atom. The van der Waals surface area contributed by atoms with Crippen LogP contribution in [0.25, 0.3) is 0 Å². The molecule has 3 amide bonds. The first-order valence-corrected chi connectivity index (χ1v) is 16.4. The Bertz CT molecular complexity index is 906. The molecule has 0 aliphatic carbocycles. The fraction of sp³-hybridized carbons (Fsp3) is 0.595. The summed E-state index contributed by atoms with van der Waals surface area (Å²) >= 11 is 0. The Morgan fingerprint density at radius 2 is 1.07 bits per heavy atom. The third-order valence-corrected chi connectivity index (χ3v) is 5.69. The van der Waals surface area contributed by atoms with Crippen LogP contribution in [0.4, 0.5) is 4.79 Å². The van der Waals surface area contributed by atoms with Gasteiger partial charge in [0.1, 0.15) is 5.60 Å². The zero-order chi connectivity index (χ0) is 33.3. The Morgan fingerprint density at radius 3 is 1.43 bits per heavy atom. The lowest BCUT2D eigenvalue weighted by Gasteiger charge is -2.18. The number of allylic oxidation sites excluding steroid dienone is 12. The second-order valence-corrected chi connectivity index (χ2v) is 11.7. The minimum atomic E-state index is -0.389. The summed E-state index contributed by atoms with van der Waals surface area (Å²) in [5.74, 6) is 0.722. The van der Waals surface area contributed by atoms with Crippen molar-refractivity contribution in [3.63, 3.8) is 0 Å². The number of amides is 3. The summed E-state index contributed by atoms with van der Waals surface area (Å²) < 4.78 is 4.84. The van der Waals surface area contributed by atoms with E-state index in [1.807, 2.05) is 20.8 Å². The zero-order valence-electron chi connectivity index (χ0n) is 28.8. The number of ether oxygens (including phenoxy) is 1. The standard InChI is InChI=1S/C31H50N2O2.C6H13NO2/c1-4-5-6-7-8-9-10-11-12-13-14-15-16-17-18-19-20-21-22-25-30(34)32-27-28-33-31(35)26-23-24-29(2)3;1-6(2,3)9-5(8)7-4/h5-6,8-9,11-12,14-15,17-18,20-21,29H,4,7,10,13,16,19,22-28H2,1-3H3,(H,32,34)(H,33,35);1-4H3,(H,7,8)/b6-5-,9-8-,12-11-,15-14-,18-17-,21-20-;. The summed E-state index contributed by atoms with van der Waals surface area (Å²) in [4.78, 5) is 34.0. The van der Waals surface area contributed by atoms with Crippen molar-refractivity contribution in [1.82, 2.24) is 16.0 Å². The molecule has 0 bridgehead atoms. The van der Waals surface area contributed by atoms with Crippen molar-refractivity contribution in [1.29, 1.82) is 0 Å². The summed E-state index contributed by atoms with van der Waals surface area (Å²) in [5, 5.41) is 8.07. The van der Waals surface area contributed by atoms with Gasteiger partial charge in [-0.2, -0.15) is 0 Å². The maximum Gasteiger partial charge on any atom is 0.407 e. The maximum absolute atomic E-state index is 11.8. The lowest BCUT2D eigenvalue weighted by molar-refractivity contribution is -0.122. The van der Waals surface area contributed by atoms with Gasteiger partial charge in [-0.15, -0.1) is 0 Å². The van der Waals surface area contributed by atoms with Crippen LogP contribution < -0.4 is 16.0 Å². The molecule has 0 heterocycles. The van der Waals surface area contributed by atoms with Gasteiger partial charge in [0.25, 0.3) is 0 Å². The van der Waals surface area contributed by atoms with Gasteiger partial charge in [0.2, 0.25) is 11.8 Å². The lowest BCUT2D eigenvalue weighted by Crippen LogP contribution is -2.34. The fourth-order valence-corrected chi connectivity index (χ4v) is 3.43. The van der Waals surface area contributed by atoms with Crippen molar-refractivity contribution >= 4 is 17.9 Å². The SMILES string of the molecule is CC/C=C\C/C=C\C/C=C\C/C=C\C/C=C\C/C=C\CCC(=O)NCCNC(=O)CCCC(C)C.CNC(=O)OC(C)(C)C. The number of carbonyl (C=O) groups is 3. The van der Waals surface area contributed by atoms with Gasteiger partial charge in [0.15, 0.2) is 0 Å². The molecule has 250 valence electrons. The molecule has 3 N–H and O–H groups in total. The van der Waals surface area contributed by atoms with E-state index in [4.69, 9.17) is 4.74 Å². The monoisotopic (exact) mass is 613 g/mol. The predicted molar refractivity (Wildman–Crippen MR) is 187 cm³/mol. The van der Waals surface area contributed by atoms with Crippen molar-refractivity contribution < 1.29 is 19.1 Å². The summed E-state index contributed by atoms with van der Waals surface area (Å²) in [6.07, 6.45) is 35.4. The smallest absolute Gasteiger partial charge is 0.407 e. The number of hydrogen-bond donors (Lipinski definition) is 3. The molecule has 0 aromatic rings. The Kier molecular flexibility index (Phi) is 30.2. The third kappa shape index (κ3) is 38.6. The molecule has 0 rings (SSSR count). The van der Waals surface area contributed by atoms with E-state index in [-0.39, 0.29) is 23.5 Å². The van der Waals surface area contributed by atoms with E-state index in [1.165, 1.54) is 7.05 Å². The van der Waals surface area contributed by atoms with Crippen LogP contribution in [0.3, 0.4) is 0 Å². The van der Waals surface area contributed by atoms with Gasteiger partial charge in [0, 0.05) is 33.0 Å². The molecule has 7 heteroatoms. The summed E-state index contributed by atoms with van der Waals surface area (Å²) in [7, 11) is 1.54. The second-order valence-electron chi connectivity index (χ2n) is 11.7. The van der Waals surface area contributed by atoms with Gasteiger partial charge in [0.05, 0.1) is 0 Å². The average molecular weight is 614 g/mol. The molecular formula is C37H63N3O4. The van der Waals surface area contributed by atoms with E-state index in [2.05, 4.69) is 110 Å². The molecule has 0 spiro atoms. The van der Waals surface area contributed by atoms with E-state index < -0.39 is 0 Å².